The topological polar surface area (TPSA) is 66.5 Å². The molecule has 2 rings (SSSR count). The summed E-state index contributed by atoms with van der Waals surface area (Å²) in [5, 5.41) is 2.93. The van der Waals surface area contributed by atoms with Crippen LogP contribution in [0.15, 0.2) is 42.5 Å². The Kier molecular flexibility index (Phi) is 6.28. The molecule has 26 heavy (non-hydrogen) atoms. The normalized spacial score (nSPS) is 10.3. The van der Waals surface area contributed by atoms with Crippen molar-refractivity contribution in [1.29, 1.82) is 0 Å². The van der Waals surface area contributed by atoms with Gasteiger partial charge in [0.1, 0.15) is 0 Å². The van der Waals surface area contributed by atoms with Gasteiger partial charge in [0.05, 0.1) is 0 Å². The lowest BCUT2D eigenvalue weighted by Gasteiger charge is -2.21. The number of carbonyl (C=O) groups excluding carboxylic acids is 3. The molecule has 0 aliphatic heterocycles. The van der Waals surface area contributed by atoms with Gasteiger partial charge < -0.3 is 10.2 Å². The molecule has 0 atom stereocenters. The molecule has 0 aromatic heterocycles. The Labute approximate surface area is 154 Å². The van der Waals surface area contributed by atoms with Gasteiger partial charge in [0, 0.05) is 36.8 Å². The van der Waals surface area contributed by atoms with Crippen molar-refractivity contribution < 1.29 is 14.4 Å². The zero-order valence-corrected chi connectivity index (χ0v) is 15.6. The van der Waals surface area contributed by atoms with Crippen LogP contribution < -0.4 is 10.2 Å². The van der Waals surface area contributed by atoms with E-state index in [1.807, 2.05) is 32.0 Å². The second-order valence-electron chi connectivity index (χ2n) is 6.34. The van der Waals surface area contributed by atoms with Crippen LogP contribution >= 0.6 is 0 Å². The average molecular weight is 352 g/mol. The highest BCUT2D eigenvalue weighted by Crippen LogP contribution is 2.20. The number of hydrogen-bond acceptors (Lipinski definition) is 3. The smallest absolute Gasteiger partial charge is 0.226 e. The van der Waals surface area contributed by atoms with Crippen molar-refractivity contribution in [2.24, 2.45) is 0 Å². The summed E-state index contributed by atoms with van der Waals surface area (Å²) >= 11 is 0. The summed E-state index contributed by atoms with van der Waals surface area (Å²) in [4.78, 5) is 37.2. The number of amides is 2. The molecule has 0 heterocycles. The Balaban J connectivity index is 2.05. The summed E-state index contributed by atoms with van der Waals surface area (Å²) in [5.41, 5.74) is 4.08. The molecule has 0 saturated carbocycles. The number of ketones is 1. The second-order valence-corrected chi connectivity index (χ2v) is 6.34. The molecular weight excluding hydrogens is 328 g/mol. The Bertz CT molecular complexity index is 805. The van der Waals surface area contributed by atoms with Gasteiger partial charge in [0.2, 0.25) is 11.8 Å². The van der Waals surface area contributed by atoms with Crippen LogP contribution in [-0.4, -0.2) is 24.1 Å². The Morgan fingerprint density at radius 3 is 2.00 bits per heavy atom. The van der Waals surface area contributed by atoms with E-state index in [1.165, 1.54) is 18.7 Å². The molecule has 5 nitrogen and oxygen atoms in total. The number of rotatable bonds is 6. The van der Waals surface area contributed by atoms with E-state index >= 15 is 0 Å². The van der Waals surface area contributed by atoms with Crippen LogP contribution in [0.3, 0.4) is 0 Å². The molecule has 2 aromatic rings. The first-order valence-corrected chi connectivity index (χ1v) is 8.54. The van der Waals surface area contributed by atoms with Crippen molar-refractivity contribution in [3.8, 4) is 0 Å². The van der Waals surface area contributed by atoms with Crippen LogP contribution in [0.2, 0.25) is 0 Å². The zero-order chi connectivity index (χ0) is 19.3. The van der Waals surface area contributed by atoms with Crippen molar-refractivity contribution >= 4 is 29.0 Å². The minimum absolute atomic E-state index is 0.0288. The summed E-state index contributed by atoms with van der Waals surface area (Å²) < 4.78 is 0. The van der Waals surface area contributed by atoms with Gasteiger partial charge in [-0.15, -0.1) is 0 Å². The van der Waals surface area contributed by atoms with Gasteiger partial charge in [0.25, 0.3) is 0 Å². The summed E-state index contributed by atoms with van der Waals surface area (Å²) in [6, 6.07) is 12.7. The predicted molar refractivity (Wildman–Crippen MR) is 104 cm³/mol. The molecule has 136 valence electrons. The van der Waals surface area contributed by atoms with E-state index in [0.29, 0.717) is 11.3 Å². The number of Topliss-reactive ketones (excluding diaryl/α,β-unsaturated/α-hetero) is 1. The fraction of sp³-hybridized carbons (Fsp3) is 0.286. The van der Waals surface area contributed by atoms with E-state index in [2.05, 4.69) is 5.32 Å². The number of hydrogen-bond donors (Lipinski definition) is 1. The van der Waals surface area contributed by atoms with Crippen LogP contribution in [0.1, 0.15) is 41.8 Å². The maximum atomic E-state index is 12.3. The summed E-state index contributed by atoms with van der Waals surface area (Å²) in [7, 11) is 0. The fourth-order valence-electron chi connectivity index (χ4n) is 2.77. The van der Waals surface area contributed by atoms with Gasteiger partial charge in [-0.2, -0.15) is 0 Å². The second kappa shape index (κ2) is 8.43. The lowest BCUT2D eigenvalue weighted by atomic mass is 10.1. The number of aryl methyl sites for hydroxylation is 2. The molecule has 0 saturated heterocycles. The maximum absolute atomic E-state index is 12.3. The lowest BCUT2D eigenvalue weighted by Crippen LogP contribution is -2.32. The summed E-state index contributed by atoms with van der Waals surface area (Å²) in [6.45, 7) is 7.12. The summed E-state index contributed by atoms with van der Waals surface area (Å²) in [6.07, 6.45) is 0.182. The SMILES string of the molecule is CC(=O)c1ccc(N(CCC(=O)Nc2c(C)cccc2C)C(C)=O)cc1. The van der Waals surface area contributed by atoms with E-state index in [0.717, 1.165) is 16.8 Å². The van der Waals surface area contributed by atoms with Gasteiger partial charge in [-0.1, -0.05) is 18.2 Å². The summed E-state index contributed by atoms with van der Waals surface area (Å²) in [5.74, 6) is -0.326. The molecule has 0 aliphatic rings. The van der Waals surface area contributed by atoms with Crippen LogP contribution in [-0.2, 0) is 9.59 Å². The van der Waals surface area contributed by atoms with Crippen LogP contribution in [0, 0.1) is 13.8 Å². The van der Waals surface area contributed by atoms with Gasteiger partial charge in [0.15, 0.2) is 5.78 Å². The number of anilines is 2. The largest absolute Gasteiger partial charge is 0.326 e. The molecule has 0 fully saturated rings. The van der Waals surface area contributed by atoms with Crippen molar-refractivity contribution in [2.45, 2.75) is 34.1 Å². The Morgan fingerprint density at radius 2 is 1.50 bits per heavy atom. The third-order valence-corrected chi connectivity index (χ3v) is 4.27. The van der Waals surface area contributed by atoms with Crippen LogP contribution in [0.4, 0.5) is 11.4 Å². The Morgan fingerprint density at radius 1 is 0.923 bits per heavy atom. The molecule has 0 unspecified atom stereocenters. The lowest BCUT2D eigenvalue weighted by molar-refractivity contribution is -0.117. The fourth-order valence-corrected chi connectivity index (χ4v) is 2.77. The van der Waals surface area contributed by atoms with E-state index in [4.69, 9.17) is 0 Å². The van der Waals surface area contributed by atoms with E-state index in [-0.39, 0.29) is 30.6 Å². The minimum Gasteiger partial charge on any atom is -0.326 e. The maximum Gasteiger partial charge on any atom is 0.226 e. The van der Waals surface area contributed by atoms with E-state index < -0.39 is 0 Å². The van der Waals surface area contributed by atoms with E-state index in [1.54, 1.807) is 24.3 Å². The molecule has 5 heteroatoms. The molecule has 0 spiro atoms. The molecular formula is C21H24N2O3. The monoisotopic (exact) mass is 352 g/mol. The Hall–Kier alpha value is -2.95. The average Bonchev–Trinajstić information content (AvgIpc) is 2.58. The van der Waals surface area contributed by atoms with Crippen molar-refractivity contribution in [3.63, 3.8) is 0 Å². The predicted octanol–water partition coefficient (Wildman–Crippen LogP) is 3.89. The minimum atomic E-state index is -0.152. The number of benzene rings is 2. The highest BCUT2D eigenvalue weighted by atomic mass is 16.2. The van der Waals surface area contributed by atoms with Crippen LogP contribution in [0.25, 0.3) is 0 Å². The molecule has 2 amide bonds. The quantitative estimate of drug-likeness (QED) is 0.802. The van der Waals surface area contributed by atoms with Crippen molar-refractivity contribution in [1.82, 2.24) is 0 Å². The first-order valence-electron chi connectivity index (χ1n) is 8.54. The van der Waals surface area contributed by atoms with Crippen molar-refractivity contribution in [3.05, 3.63) is 59.2 Å². The molecule has 1 N–H and O–H groups in total. The first kappa shape index (κ1) is 19.4. The molecule has 0 radical (unpaired) electrons. The molecule has 0 bridgehead atoms. The number of nitrogens with zero attached hydrogens (tertiary/aromatic N) is 1. The third-order valence-electron chi connectivity index (χ3n) is 4.27. The van der Waals surface area contributed by atoms with E-state index in [9.17, 15) is 14.4 Å². The number of para-hydroxylation sites is 1. The van der Waals surface area contributed by atoms with Gasteiger partial charge in [-0.3, -0.25) is 14.4 Å². The molecule has 0 aliphatic carbocycles. The first-order chi connectivity index (χ1) is 12.3. The zero-order valence-electron chi connectivity index (χ0n) is 15.6. The van der Waals surface area contributed by atoms with Crippen LogP contribution in [0.5, 0.6) is 0 Å². The highest BCUT2D eigenvalue weighted by molar-refractivity contribution is 5.97. The molecule has 2 aromatic carbocycles. The van der Waals surface area contributed by atoms with Gasteiger partial charge in [-0.25, -0.2) is 0 Å². The highest BCUT2D eigenvalue weighted by Gasteiger charge is 2.15. The number of carbonyl (C=O) groups is 3. The van der Waals surface area contributed by atoms with Gasteiger partial charge in [-0.05, 0) is 56.2 Å². The van der Waals surface area contributed by atoms with Crippen molar-refractivity contribution in [2.75, 3.05) is 16.8 Å². The standard InChI is InChI=1S/C21H24N2O3/c1-14-6-5-7-15(2)21(14)22-20(26)12-13-23(17(4)25)19-10-8-18(9-11-19)16(3)24/h5-11H,12-13H2,1-4H3,(H,22,26). The third kappa shape index (κ3) is 4.79. The van der Waals surface area contributed by atoms with Gasteiger partial charge >= 0.3 is 0 Å². The number of nitrogens with one attached hydrogen (secondary N) is 1.